The molecule has 0 aromatic rings. The van der Waals surface area contributed by atoms with Gasteiger partial charge in [0.15, 0.2) is 0 Å². The first kappa shape index (κ1) is 17.1. The molecule has 1 N–H and O–H groups in total. The summed E-state index contributed by atoms with van der Waals surface area (Å²) in [5.41, 5.74) is 0.752. The molecule has 1 aliphatic heterocycles. The van der Waals surface area contributed by atoms with Crippen molar-refractivity contribution in [1.29, 1.82) is 0 Å². The summed E-state index contributed by atoms with van der Waals surface area (Å²) in [7, 11) is 3.87. The summed E-state index contributed by atoms with van der Waals surface area (Å²) in [6, 6.07) is 0. The molecule has 5 nitrogen and oxygen atoms in total. The molecule has 1 heterocycles. The minimum absolute atomic E-state index is 0.00396. The number of aliphatic hydroxyl groups excluding tert-OH is 1. The van der Waals surface area contributed by atoms with Gasteiger partial charge in [0.05, 0.1) is 6.10 Å². The molecule has 0 aromatic heterocycles. The lowest BCUT2D eigenvalue weighted by Crippen LogP contribution is -2.49. The van der Waals surface area contributed by atoms with Crippen molar-refractivity contribution in [1.82, 2.24) is 14.7 Å². The number of rotatable bonds is 6. The van der Waals surface area contributed by atoms with E-state index < -0.39 is 6.10 Å². The quantitative estimate of drug-likeness (QED) is 0.717. The summed E-state index contributed by atoms with van der Waals surface area (Å²) in [5, 5.41) is 10.1. The van der Waals surface area contributed by atoms with Crippen LogP contribution in [-0.4, -0.2) is 85.2 Å². The van der Waals surface area contributed by atoms with E-state index in [-0.39, 0.29) is 5.91 Å². The Morgan fingerprint density at radius 2 is 1.95 bits per heavy atom. The van der Waals surface area contributed by atoms with Gasteiger partial charge in [0.2, 0.25) is 5.91 Å². The highest BCUT2D eigenvalue weighted by molar-refractivity contribution is 5.92. The Kier molecular flexibility index (Phi) is 7.19. The molecular formula is C15H29N3O2. The van der Waals surface area contributed by atoms with Crippen LogP contribution >= 0.6 is 0 Å². The van der Waals surface area contributed by atoms with Crippen molar-refractivity contribution in [3.05, 3.63) is 11.6 Å². The molecule has 1 rings (SSSR count). The van der Waals surface area contributed by atoms with E-state index in [4.69, 9.17) is 0 Å². The average molecular weight is 283 g/mol. The van der Waals surface area contributed by atoms with Gasteiger partial charge in [0.25, 0.3) is 0 Å². The summed E-state index contributed by atoms with van der Waals surface area (Å²) < 4.78 is 0. The van der Waals surface area contributed by atoms with Crippen molar-refractivity contribution in [3.63, 3.8) is 0 Å². The fraction of sp³-hybridized carbons (Fsp3) is 0.800. The number of carbonyl (C=O) groups is 1. The molecule has 1 fully saturated rings. The third-order valence-corrected chi connectivity index (χ3v) is 3.74. The molecule has 0 aromatic carbocycles. The molecule has 1 unspecified atom stereocenters. The van der Waals surface area contributed by atoms with Crippen LogP contribution in [0.15, 0.2) is 11.6 Å². The molecular weight excluding hydrogens is 254 g/mol. The van der Waals surface area contributed by atoms with E-state index >= 15 is 0 Å². The summed E-state index contributed by atoms with van der Waals surface area (Å²) in [4.78, 5) is 18.2. The standard InChI is InChI=1S/C15H29N3O2/c1-5-6-13(2)15(20)17(4)11-14(19)12-18-9-7-16(3)8-10-18/h6,14,19H,5,7-12H2,1-4H3/b13-6-. The Balaban J connectivity index is 2.36. The summed E-state index contributed by atoms with van der Waals surface area (Å²) >= 11 is 0. The highest BCUT2D eigenvalue weighted by Crippen LogP contribution is 2.04. The van der Waals surface area contributed by atoms with E-state index in [0.717, 1.165) is 38.2 Å². The molecule has 116 valence electrons. The SMILES string of the molecule is CC/C=C(/C)C(=O)N(C)CC(O)CN1CCN(C)CC1. The second-order valence-electron chi connectivity index (χ2n) is 5.74. The molecule has 0 bridgehead atoms. The fourth-order valence-corrected chi connectivity index (χ4v) is 2.48. The minimum Gasteiger partial charge on any atom is -0.390 e. The largest absolute Gasteiger partial charge is 0.390 e. The average Bonchev–Trinajstić information content (AvgIpc) is 2.40. The van der Waals surface area contributed by atoms with Crippen LogP contribution in [0.5, 0.6) is 0 Å². The van der Waals surface area contributed by atoms with Crippen LogP contribution in [0.4, 0.5) is 0 Å². The zero-order valence-corrected chi connectivity index (χ0v) is 13.3. The lowest BCUT2D eigenvalue weighted by atomic mass is 10.2. The van der Waals surface area contributed by atoms with Gasteiger partial charge in [-0.1, -0.05) is 13.0 Å². The Bertz CT molecular complexity index is 336. The molecule has 1 atom stereocenters. The predicted octanol–water partition coefficient (Wildman–Crippen LogP) is 0.409. The molecule has 0 saturated carbocycles. The van der Waals surface area contributed by atoms with Crippen LogP contribution in [0.25, 0.3) is 0 Å². The third-order valence-electron chi connectivity index (χ3n) is 3.74. The Morgan fingerprint density at radius 1 is 1.35 bits per heavy atom. The monoisotopic (exact) mass is 283 g/mol. The zero-order chi connectivity index (χ0) is 15.1. The number of carbonyl (C=O) groups excluding carboxylic acids is 1. The van der Waals surface area contributed by atoms with Gasteiger partial charge in [0.1, 0.15) is 0 Å². The smallest absolute Gasteiger partial charge is 0.248 e. The number of hydrogen-bond acceptors (Lipinski definition) is 4. The first-order valence-electron chi connectivity index (χ1n) is 7.45. The molecule has 0 aliphatic carbocycles. The van der Waals surface area contributed by atoms with Crippen molar-refractivity contribution in [2.75, 3.05) is 53.4 Å². The van der Waals surface area contributed by atoms with E-state index in [0.29, 0.717) is 13.1 Å². The maximum Gasteiger partial charge on any atom is 0.248 e. The summed E-state index contributed by atoms with van der Waals surface area (Å²) in [6.45, 7) is 8.93. The van der Waals surface area contributed by atoms with Crippen molar-refractivity contribution in [2.45, 2.75) is 26.4 Å². The zero-order valence-electron chi connectivity index (χ0n) is 13.3. The Labute approximate surface area is 122 Å². The Morgan fingerprint density at radius 3 is 2.50 bits per heavy atom. The minimum atomic E-state index is -0.484. The lowest BCUT2D eigenvalue weighted by molar-refractivity contribution is -0.127. The number of piperazine rings is 1. The Hall–Kier alpha value is -0.910. The molecule has 5 heteroatoms. The number of aliphatic hydroxyl groups is 1. The first-order chi connectivity index (χ1) is 9.43. The van der Waals surface area contributed by atoms with Crippen LogP contribution < -0.4 is 0 Å². The number of likely N-dealkylation sites (N-methyl/N-ethyl adjacent to an activating group) is 2. The molecule has 0 spiro atoms. The molecule has 1 saturated heterocycles. The number of β-amino-alcohol motifs (C(OH)–C–C–N with tert-alkyl or cyclic N) is 1. The van der Waals surface area contributed by atoms with Gasteiger partial charge < -0.3 is 14.9 Å². The van der Waals surface area contributed by atoms with Crippen LogP contribution in [0, 0.1) is 0 Å². The van der Waals surface area contributed by atoms with E-state index in [1.807, 2.05) is 19.9 Å². The molecule has 1 amide bonds. The first-order valence-corrected chi connectivity index (χ1v) is 7.45. The van der Waals surface area contributed by atoms with Crippen LogP contribution in [0.2, 0.25) is 0 Å². The van der Waals surface area contributed by atoms with Gasteiger partial charge in [-0.2, -0.15) is 0 Å². The van der Waals surface area contributed by atoms with Crippen molar-refractivity contribution < 1.29 is 9.90 Å². The van der Waals surface area contributed by atoms with E-state index in [2.05, 4.69) is 16.8 Å². The van der Waals surface area contributed by atoms with Crippen LogP contribution in [0.3, 0.4) is 0 Å². The fourth-order valence-electron chi connectivity index (χ4n) is 2.48. The molecule has 20 heavy (non-hydrogen) atoms. The van der Waals surface area contributed by atoms with Gasteiger partial charge in [-0.3, -0.25) is 9.69 Å². The van der Waals surface area contributed by atoms with Gasteiger partial charge in [0, 0.05) is 51.9 Å². The summed E-state index contributed by atoms with van der Waals surface area (Å²) in [6.07, 6.45) is 2.29. The van der Waals surface area contributed by atoms with Crippen molar-refractivity contribution in [2.24, 2.45) is 0 Å². The highest BCUT2D eigenvalue weighted by atomic mass is 16.3. The van der Waals surface area contributed by atoms with Crippen LogP contribution in [0.1, 0.15) is 20.3 Å². The van der Waals surface area contributed by atoms with E-state index in [1.165, 1.54) is 0 Å². The number of amides is 1. The molecule has 1 aliphatic rings. The number of nitrogens with zero attached hydrogens (tertiary/aromatic N) is 3. The second-order valence-corrected chi connectivity index (χ2v) is 5.74. The van der Waals surface area contributed by atoms with Crippen LogP contribution in [-0.2, 0) is 4.79 Å². The van der Waals surface area contributed by atoms with E-state index in [9.17, 15) is 9.90 Å². The second kappa shape index (κ2) is 8.39. The topological polar surface area (TPSA) is 47.0 Å². The van der Waals surface area contributed by atoms with Gasteiger partial charge in [-0.25, -0.2) is 0 Å². The van der Waals surface area contributed by atoms with E-state index in [1.54, 1.807) is 11.9 Å². The predicted molar refractivity (Wildman–Crippen MR) is 81.6 cm³/mol. The van der Waals surface area contributed by atoms with Crippen molar-refractivity contribution in [3.8, 4) is 0 Å². The maximum atomic E-state index is 12.0. The maximum absolute atomic E-state index is 12.0. The number of hydrogen-bond donors (Lipinski definition) is 1. The van der Waals surface area contributed by atoms with Gasteiger partial charge in [-0.15, -0.1) is 0 Å². The summed E-state index contributed by atoms with van der Waals surface area (Å²) in [5.74, 6) is 0.00396. The van der Waals surface area contributed by atoms with Crippen molar-refractivity contribution >= 4 is 5.91 Å². The van der Waals surface area contributed by atoms with Gasteiger partial charge in [-0.05, 0) is 20.4 Å². The normalized spacial score (nSPS) is 19.9. The number of allylic oxidation sites excluding steroid dienone is 1. The molecule has 0 radical (unpaired) electrons. The lowest BCUT2D eigenvalue weighted by Gasteiger charge is -2.34. The third kappa shape index (κ3) is 5.61. The highest BCUT2D eigenvalue weighted by Gasteiger charge is 2.19. The van der Waals surface area contributed by atoms with Gasteiger partial charge >= 0.3 is 0 Å².